The summed E-state index contributed by atoms with van der Waals surface area (Å²) in [6.45, 7) is 2.28. The highest BCUT2D eigenvalue weighted by Crippen LogP contribution is 2.14. The van der Waals surface area contributed by atoms with Crippen LogP contribution in [0.2, 0.25) is 0 Å². The van der Waals surface area contributed by atoms with Gasteiger partial charge in [-0.3, -0.25) is 0 Å². The molecule has 0 aliphatic rings. The predicted molar refractivity (Wildman–Crippen MR) is 115 cm³/mol. The fourth-order valence-electron chi connectivity index (χ4n) is 3.39. The lowest BCUT2D eigenvalue weighted by atomic mass is 10.0. The topological polar surface area (TPSA) is 45.6 Å². The maximum Gasteiger partial charge on any atom is 0.455 e. The van der Waals surface area contributed by atoms with Gasteiger partial charge in [-0.1, -0.05) is 115 Å². The molecule has 0 unspecified atom stereocenters. The van der Waals surface area contributed by atoms with Gasteiger partial charge in [0.2, 0.25) is 0 Å². The van der Waals surface area contributed by atoms with E-state index in [9.17, 15) is 0 Å². The number of unbranched alkanes of at least 4 members (excludes halogenated alkanes) is 14. The van der Waals surface area contributed by atoms with Crippen molar-refractivity contribution >= 4 is 5.90 Å². The summed E-state index contributed by atoms with van der Waals surface area (Å²) in [5.41, 5.74) is 9.07. The van der Waals surface area contributed by atoms with E-state index in [0.29, 0.717) is 12.3 Å². The van der Waals surface area contributed by atoms with Gasteiger partial charge in [-0.25, -0.2) is 0 Å². The minimum atomic E-state index is 0.413. The minimum absolute atomic E-state index is 0.413. The van der Waals surface area contributed by atoms with Crippen molar-refractivity contribution in [3.8, 4) is 5.75 Å². The van der Waals surface area contributed by atoms with Crippen LogP contribution < -0.4 is 4.74 Å². The first kappa shape index (κ1) is 23.4. The Labute approximate surface area is 167 Å². The van der Waals surface area contributed by atoms with Crippen molar-refractivity contribution in [3.05, 3.63) is 35.9 Å². The van der Waals surface area contributed by atoms with Crippen molar-refractivity contribution in [1.82, 2.24) is 0 Å². The molecule has 3 nitrogen and oxygen atoms in total. The van der Waals surface area contributed by atoms with E-state index in [1.807, 2.05) is 30.3 Å². The molecule has 3 heteroatoms. The molecule has 1 aromatic carbocycles. The number of para-hydroxylation sites is 1. The number of hydrogen-bond acceptors (Lipinski definition) is 1. The molecule has 0 saturated heterocycles. The zero-order valence-electron chi connectivity index (χ0n) is 17.5. The molecule has 1 rings (SSSR count). The van der Waals surface area contributed by atoms with Crippen LogP contribution >= 0.6 is 0 Å². The molecule has 0 radical (unpaired) electrons. The quantitative estimate of drug-likeness (QED) is 0.0899. The Morgan fingerprint density at radius 2 is 1.15 bits per heavy atom. The van der Waals surface area contributed by atoms with E-state index in [1.165, 1.54) is 89.9 Å². The predicted octanol–water partition coefficient (Wildman–Crippen LogP) is 7.96. The maximum absolute atomic E-state index is 9.07. The molecule has 0 heterocycles. The van der Waals surface area contributed by atoms with Crippen LogP contribution in [0.3, 0.4) is 0 Å². The zero-order valence-corrected chi connectivity index (χ0v) is 17.5. The second-order valence-corrected chi connectivity index (χ2v) is 7.61. The lowest BCUT2D eigenvalue weighted by Gasteiger charge is -2.03. The Balaban J connectivity index is 1.85. The molecule has 0 aliphatic carbocycles. The molecular weight excluding hydrogens is 332 g/mol. The number of hydrogen-bond donors (Lipinski definition) is 0. The second-order valence-electron chi connectivity index (χ2n) is 7.61. The van der Waals surface area contributed by atoms with Gasteiger partial charge in [0.25, 0.3) is 0 Å². The Bertz CT molecular complexity index is 494. The fourth-order valence-corrected chi connectivity index (χ4v) is 3.39. The summed E-state index contributed by atoms with van der Waals surface area (Å²) in [7, 11) is 0. The normalized spacial score (nSPS) is 10.6. The molecule has 152 valence electrons. The van der Waals surface area contributed by atoms with Gasteiger partial charge >= 0.3 is 5.90 Å². The van der Waals surface area contributed by atoms with E-state index in [1.54, 1.807) is 0 Å². The average molecular weight is 373 g/mol. The third-order valence-corrected chi connectivity index (χ3v) is 5.08. The van der Waals surface area contributed by atoms with Gasteiger partial charge in [-0.05, 0) is 18.6 Å². The molecule has 0 aromatic heterocycles. The highest BCUT2D eigenvalue weighted by molar-refractivity contribution is 5.72. The largest absolute Gasteiger partial charge is 0.455 e. The highest BCUT2D eigenvalue weighted by Gasteiger charge is 2.10. The molecule has 1 aromatic rings. The molecule has 27 heavy (non-hydrogen) atoms. The van der Waals surface area contributed by atoms with E-state index in [0.717, 1.165) is 12.2 Å². The van der Waals surface area contributed by atoms with Crippen molar-refractivity contribution in [2.75, 3.05) is 0 Å². The lowest BCUT2D eigenvalue weighted by Crippen LogP contribution is -2.09. The first-order valence-electron chi connectivity index (χ1n) is 11.3. The lowest BCUT2D eigenvalue weighted by molar-refractivity contribution is -0.0308. The third-order valence-electron chi connectivity index (χ3n) is 5.08. The molecule has 0 atom stereocenters. The maximum atomic E-state index is 9.07. The van der Waals surface area contributed by atoms with E-state index in [4.69, 9.17) is 10.3 Å². The minimum Gasteiger partial charge on any atom is -0.397 e. The van der Waals surface area contributed by atoms with E-state index >= 15 is 0 Å². The summed E-state index contributed by atoms with van der Waals surface area (Å²) in [4.78, 5) is 3.28. The van der Waals surface area contributed by atoms with Gasteiger partial charge < -0.3 is 10.3 Å². The van der Waals surface area contributed by atoms with Crippen LogP contribution in [0.1, 0.15) is 110 Å². The van der Waals surface area contributed by atoms with Crippen LogP contribution in [0.15, 0.2) is 30.3 Å². The van der Waals surface area contributed by atoms with E-state index < -0.39 is 0 Å². The van der Waals surface area contributed by atoms with Gasteiger partial charge in [0.1, 0.15) is 5.75 Å². The smallest absolute Gasteiger partial charge is 0.397 e. The first-order valence-corrected chi connectivity index (χ1v) is 11.3. The standard InChI is InChI=1S/C24H40N2O/c1-2-3-4-5-6-7-8-9-10-11-12-13-14-15-19-22-24(26-25)27-23-20-17-16-18-21-23/h16-18,20-21H,2-15,19,22H2,1H3. The van der Waals surface area contributed by atoms with Gasteiger partial charge in [0.15, 0.2) is 0 Å². The number of ether oxygens (including phenoxy) is 1. The molecule has 0 aliphatic heterocycles. The molecular formula is C24H40N2O. The highest BCUT2D eigenvalue weighted by atomic mass is 16.5. The second kappa shape index (κ2) is 17.8. The first-order chi connectivity index (χ1) is 13.4. The van der Waals surface area contributed by atoms with Crippen LogP contribution in [0.25, 0.3) is 5.53 Å². The van der Waals surface area contributed by atoms with Crippen molar-refractivity contribution < 1.29 is 9.53 Å². The van der Waals surface area contributed by atoms with Crippen LogP contribution in [0.4, 0.5) is 0 Å². The SMILES string of the molecule is CCCCCCCCCCCCCCCCCC(=[N+]=[N-])Oc1ccccc1. The molecule has 0 bridgehead atoms. The van der Waals surface area contributed by atoms with Crippen LogP contribution in [0, 0.1) is 0 Å². The summed E-state index contributed by atoms with van der Waals surface area (Å²) >= 11 is 0. The Morgan fingerprint density at radius 3 is 1.59 bits per heavy atom. The Hall–Kier alpha value is -1.60. The number of benzene rings is 1. The molecule has 0 saturated carbocycles. The summed E-state index contributed by atoms with van der Waals surface area (Å²) in [5, 5.41) is 0. The van der Waals surface area contributed by atoms with Gasteiger partial charge in [0.05, 0.1) is 6.42 Å². The Morgan fingerprint density at radius 1 is 0.704 bits per heavy atom. The van der Waals surface area contributed by atoms with Crippen LogP contribution in [0.5, 0.6) is 5.75 Å². The summed E-state index contributed by atoms with van der Waals surface area (Å²) in [5.74, 6) is 1.14. The average Bonchev–Trinajstić information content (AvgIpc) is 2.70. The molecule has 0 spiro atoms. The van der Waals surface area contributed by atoms with E-state index in [2.05, 4.69) is 11.7 Å². The van der Waals surface area contributed by atoms with Crippen LogP contribution in [-0.2, 0) is 0 Å². The monoisotopic (exact) mass is 372 g/mol. The van der Waals surface area contributed by atoms with Gasteiger partial charge in [-0.15, -0.1) is 4.79 Å². The fraction of sp³-hybridized carbons (Fsp3) is 0.708. The summed E-state index contributed by atoms with van der Waals surface area (Å²) in [6, 6.07) is 9.52. The van der Waals surface area contributed by atoms with Gasteiger partial charge in [-0.2, -0.15) is 0 Å². The van der Waals surface area contributed by atoms with Crippen LogP contribution in [-0.4, -0.2) is 10.7 Å². The zero-order chi connectivity index (χ0) is 19.4. The molecule has 0 fully saturated rings. The third kappa shape index (κ3) is 14.2. The van der Waals surface area contributed by atoms with E-state index in [-0.39, 0.29) is 0 Å². The Kier molecular flexibility index (Phi) is 15.4. The summed E-state index contributed by atoms with van der Waals surface area (Å²) < 4.78 is 5.58. The van der Waals surface area contributed by atoms with Crippen molar-refractivity contribution in [1.29, 1.82) is 0 Å². The number of rotatable bonds is 17. The molecule has 0 amide bonds. The van der Waals surface area contributed by atoms with Crippen molar-refractivity contribution in [2.24, 2.45) is 0 Å². The summed E-state index contributed by atoms with van der Waals surface area (Å²) in [6.07, 6.45) is 21.0. The molecule has 0 N–H and O–H groups in total. The van der Waals surface area contributed by atoms with Gasteiger partial charge in [0, 0.05) is 0 Å². The van der Waals surface area contributed by atoms with Crippen molar-refractivity contribution in [2.45, 2.75) is 110 Å². The van der Waals surface area contributed by atoms with Crippen molar-refractivity contribution in [3.63, 3.8) is 0 Å². The number of nitrogens with zero attached hydrogens (tertiary/aromatic N) is 2.